The van der Waals surface area contributed by atoms with E-state index in [-0.39, 0.29) is 11.9 Å². The van der Waals surface area contributed by atoms with E-state index in [1.165, 1.54) is 0 Å². The van der Waals surface area contributed by atoms with Crippen molar-refractivity contribution >= 4 is 11.9 Å². The molecular formula is C11H14O4. The lowest BCUT2D eigenvalue weighted by Crippen LogP contribution is -2.42. The van der Waals surface area contributed by atoms with Gasteiger partial charge in [-0.2, -0.15) is 0 Å². The van der Waals surface area contributed by atoms with Crippen LogP contribution in [-0.4, -0.2) is 22.6 Å². The molecule has 1 saturated heterocycles. The molecule has 1 atom stereocenters. The summed E-state index contributed by atoms with van der Waals surface area (Å²) in [5, 5.41) is 9.27. The molecule has 2 aliphatic carbocycles. The summed E-state index contributed by atoms with van der Waals surface area (Å²) < 4.78 is 5.25. The minimum Gasteiger partial charge on any atom is -0.478 e. The third kappa shape index (κ3) is 1.02. The predicted octanol–water partition coefficient (Wildman–Crippen LogP) is 1.34. The van der Waals surface area contributed by atoms with Gasteiger partial charge in [0.1, 0.15) is 0 Å². The maximum Gasteiger partial charge on any atom is 0.348 e. The van der Waals surface area contributed by atoms with Crippen molar-refractivity contribution in [2.45, 2.75) is 44.1 Å². The number of esters is 1. The van der Waals surface area contributed by atoms with E-state index >= 15 is 0 Å². The summed E-state index contributed by atoms with van der Waals surface area (Å²) in [6.45, 7) is 0. The second-order valence-corrected chi connectivity index (χ2v) is 5.17. The molecule has 4 heteroatoms. The van der Waals surface area contributed by atoms with E-state index in [9.17, 15) is 14.7 Å². The summed E-state index contributed by atoms with van der Waals surface area (Å²) in [5.41, 5.74) is -1.60. The van der Waals surface area contributed by atoms with Crippen LogP contribution in [0, 0.1) is 11.3 Å². The van der Waals surface area contributed by atoms with E-state index < -0.39 is 17.0 Å². The lowest BCUT2D eigenvalue weighted by Gasteiger charge is -2.34. The number of hydrogen-bond acceptors (Lipinski definition) is 3. The summed E-state index contributed by atoms with van der Waals surface area (Å²) in [6.07, 6.45) is 4.83. The molecule has 0 aromatic carbocycles. The third-order valence-electron chi connectivity index (χ3n) is 4.22. The van der Waals surface area contributed by atoms with Crippen molar-refractivity contribution in [2.75, 3.05) is 0 Å². The average Bonchev–Trinajstić information content (AvgIpc) is 2.88. The molecule has 0 aromatic rings. The summed E-state index contributed by atoms with van der Waals surface area (Å²) in [5.74, 6) is -1.14. The fourth-order valence-electron chi connectivity index (χ4n) is 2.94. The molecule has 2 saturated carbocycles. The molecule has 0 amide bonds. The number of hydrogen-bond donors (Lipinski definition) is 1. The van der Waals surface area contributed by atoms with Gasteiger partial charge in [-0.15, -0.1) is 0 Å². The molecule has 1 heterocycles. The standard InChI is InChI=1S/C11H14O4/c12-8(13)11(7-2-3-7)6-10(4-1-5-10)9(14)15-11/h7H,1-6H2,(H,12,13). The first kappa shape index (κ1) is 9.19. The number of cyclic esters (lactones) is 1. The molecule has 0 bridgehead atoms. The zero-order valence-electron chi connectivity index (χ0n) is 8.49. The Morgan fingerprint density at radius 2 is 2.07 bits per heavy atom. The SMILES string of the molecule is O=C1OC(C(=O)O)(C2CC2)CC12CCC2. The first-order valence-corrected chi connectivity index (χ1v) is 5.56. The van der Waals surface area contributed by atoms with Gasteiger partial charge in [0, 0.05) is 12.3 Å². The zero-order valence-corrected chi connectivity index (χ0v) is 8.49. The van der Waals surface area contributed by atoms with Crippen molar-refractivity contribution in [3.63, 3.8) is 0 Å². The van der Waals surface area contributed by atoms with Crippen molar-refractivity contribution in [3.05, 3.63) is 0 Å². The summed E-state index contributed by atoms with van der Waals surface area (Å²) in [4.78, 5) is 23.0. The van der Waals surface area contributed by atoms with Crippen LogP contribution in [-0.2, 0) is 14.3 Å². The van der Waals surface area contributed by atoms with Crippen LogP contribution in [0.2, 0.25) is 0 Å². The normalized spacial score (nSPS) is 37.5. The van der Waals surface area contributed by atoms with Crippen molar-refractivity contribution in [2.24, 2.45) is 11.3 Å². The molecule has 3 aliphatic rings. The van der Waals surface area contributed by atoms with Gasteiger partial charge in [-0.05, 0) is 25.7 Å². The Hall–Kier alpha value is -1.06. The topological polar surface area (TPSA) is 63.6 Å². The Kier molecular flexibility index (Phi) is 1.56. The quantitative estimate of drug-likeness (QED) is 0.698. The monoisotopic (exact) mass is 210 g/mol. The van der Waals surface area contributed by atoms with Crippen LogP contribution < -0.4 is 0 Å². The van der Waals surface area contributed by atoms with Crippen molar-refractivity contribution in [1.29, 1.82) is 0 Å². The highest BCUT2D eigenvalue weighted by molar-refractivity contribution is 5.90. The molecule has 3 rings (SSSR count). The number of aliphatic carboxylic acids is 1. The van der Waals surface area contributed by atoms with Crippen LogP contribution in [0.4, 0.5) is 0 Å². The Labute approximate surface area is 87.6 Å². The van der Waals surface area contributed by atoms with Gasteiger partial charge >= 0.3 is 11.9 Å². The van der Waals surface area contributed by atoms with E-state index in [4.69, 9.17) is 4.74 Å². The molecule has 1 aliphatic heterocycles. The summed E-state index contributed by atoms with van der Waals surface area (Å²) >= 11 is 0. The average molecular weight is 210 g/mol. The van der Waals surface area contributed by atoms with Crippen molar-refractivity contribution < 1.29 is 19.4 Å². The van der Waals surface area contributed by atoms with Gasteiger partial charge in [0.05, 0.1) is 5.41 Å². The smallest absolute Gasteiger partial charge is 0.348 e. The fraction of sp³-hybridized carbons (Fsp3) is 0.818. The first-order chi connectivity index (χ1) is 7.09. The van der Waals surface area contributed by atoms with E-state index in [2.05, 4.69) is 0 Å². The Balaban J connectivity index is 1.93. The zero-order chi connectivity index (χ0) is 10.7. The molecule has 82 valence electrons. The van der Waals surface area contributed by atoms with E-state index in [0.717, 1.165) is 32.1 Å². The Morgan fingerprint density at radius 3 is 2.40 bits per heavy atom. The van der Waals surface area contributed by atoms with E-state index in [0.29, 0.717) is 6.42 Å². The predicted molar refractivity (Wildman–Crippen MR) is 50.1 cm³/mol. The van der Waals surface area contributed by atoms with Crippen molar-refractivity contribution in [1.82, 2.24) is 0 Å². The molecule has 1 spiro atoms. The lowest BCUT2D eigenvalue weighted by atomic mass is 9.64. The molecule has 4 nitrogen and oxygen atoms in total. The molecule has 0 aromatic heterocycles. The summed E-state index contributed by atoms with van der Waals surface area (Å²) in [6, 6.07) is 0. The number of rotatable bonds is 2. The third-order valence-corrected chi connectivity index (χ3v) is 4.22. The molecular weight excluding hydrogens is 196 g/mol. The number of carboxylic acid groups (broad SMARTS) is 1. The van der Waals surface area contributed by atoms with E-state index in [1.54, 1.807) is 0 Å². The maximum atomic E-state index is 11.7. The van der Waals surface area contributed by atoms with Crippen LogP contribution in [0.5, 0.6) is 0 Å². The van der Waals surface area contributed by atoms with Gasteiger partial charge in [0.15, 0.2) is 0 Å². The second kappa shape index (κ2) is 2.54. The van der Waals surface area contributed by atoms with Crippen LogP contribution in [0.3, 0.4) is 0 Å². The molecule has 0 radical (unpaired) electrons. The number of carbonyl (C=O) groups is 2. The van der Waals surface area contributed by atoms with Gasteiger partial charge in [-0.25, -0.2) is 4.79 Å². The number of carboxylic acids is 1. The lowest BCUT2D eigenvalue weighted by molar-refractivity contribution is -0.173. The first-order valence-electron chi connectivity index (χ1n) is 5.56. The van der Waals surface area contributed by atoms with E-state index in [1.807, 2.05) is 0 Å². The van der Waals surface area contributed by atoms with Gasteiger partial charge in [-0.3, -0.25) is 4.79 Å². The Bertz CT molecular complexity index is 340. The van der Waals surface area contributed by atoms with Gasteiger partial charge < -0.3 is 9.84 Å². The number of ether oxygens (including phenoxy) is 1. The largest absolute Gasteiger partial charge is 0.478 e. The molecule has 3 fully saturated rings. The van der Waals surface area contributed by atoms with Gasteiger partial charge in [-0.1, -0.05) is 6.42 Å². The second-order valence-electron chi connectivity index (χ2n) is 5.17. The van der Waals surface area contributed by atoms with Crippen LogP contribution in [0.1, 0.15) is 38.5 Å². The van der Waals surface area contributed by atoms with Gasteiger partial charge in [0.2, 0.25) is 5.60 Å². The van der Waals surface area contributed by atoms with Crippen molar-refractivity contribution in [3.8, 4) is 0 Å². The van der Waals surface area contributed by atoms with Crippen LogP contribution in [0.15, 0.2) is 0 Å². The van der Waals surface area contributed by atoms with Gasteiger partial charge in [0.25, 0.3) is 0 Å². The number of carbonyl (C=O) groups excluding carboxylic acids is 1. The van der Waals surface area contributed by atoms with Crippen LogP contribution in [0.25, 0.3) is 0 Å². The minimum absolute atomic E-state index is 0.0684. The minimum atomic E-state index is -1.17. The maximum absolute atomic E-state index is 11.7. The Morgan fingerprint density at radius 1 is 1.40 bits per heavy atom. The highest BCUT2D eigenvalue weighted by Gasteiger charge is 2.67. The fourth-order valence-corrected chi connectivity index (χ4v) is 2.94. The summed E-state index contributed by atoms with van der Waals surface area (Å²) in [7, 11) is 0. The molecule has 1 N–H and O–H groups in total. The molecule has 15 heavy (non-hydrogen) atoms. The highest BCUT2D eigenvalue weighted by Crippen LogP contribution is 2.59. The highest BCUT2D eigenvalue weighted by atomic mass is 16.6. The molecule has 1 unspecified atom stereocenters. The van der Waals surface area contributed by atoms with Crippen LogP contribution >= 0.6 is 0 Å².